The molecule has 0 aliphatic carbocycles. The molecule has 1 aromatic rings. The maximum absolute atomic E-state index is 12.7. The predicted octanol–water partition coefficient (Wildman–Crippen LogP) is 2.36. The average Bonchev–Trinajstić information content (AvgIpc) is 2.46. The van der Waals surface area contributed by atoms with Gasteiger partial charge in [-0.2, -0.15) is 4.31 Å². The molecule has 0 saturated carbocycles. The first-order valence-corrected chi connectivity index (χ1v) is 8.97. The van der Waals surface area contributed by atoms with E-state index >= 15 is 0 Å². The molecule has 5 heteroatoms. The molecule has 1 unspecified atom stereocenters. The lowest BCUT2D eigenvalue weighted by molar-refractivity contribution is 0.293. The summed E-state index contributed by atoms with van der Waals surface area (Å²) in [5.74, 6) is 0. The molecule has 0 radical (unpaired) electrons. The fourth-order valence-corrected chi connectivity index (χ4v) is 4.20. The van der Waals surface area contributed by atoms with Gasteiger partial charge in [-0.1, -0.05) is 32.9 Å². The lowest BCUT2D eigenvalue weighted by Gasteiger charge is -2.31. The Balaban J connectivity index is 2.23. The van der Waals surface area contributed by atoms with Gasteiger partial charge in [-0.05, 0) is 43.0 Å². The minimum Gasteiger partial charge on any atom is -0.316 e. The fraction of sp³-hybridized carbons (Fsp3) is 0.625. The number of piperidine rings is 1. The smallest absolute Gasteiger partial charge is 0.243 e. The largest absolute Gasteiger partial charge is 0.316 e. The molecule has 118 valence electrons. The fourth-order valence-electron chi connectivity index (χ4n) is 2.67. The SMILES string of the molecule is CNC1CCCN(S(=O)(=O)c2ccc(C(C)(C)C)cc2)C1. The van der Waals surface area contributed by atoms with Crippen LogP contribution in [0.2, 0.25) is 0 Å². The molecule has 0 aromatic heterocycles. The third kappa shape index (κ3) is 3.65. The van der Waals surface area contributed by atoms with Crippen LogP contribution in [0.4, 0.5) is 0 Å². The van der Waals surface area contributed by atoms with Gasteiger partial charge in [-0.25, -0.2) is 8.42 Å². The first-order chi connectivity index (χ1) is 9.75. The number of sulfonamides is 1. The molecule has 0 amide bonds. The van der Waals surface area contributed by atoms with Crippen molar-refractivity contribution in [1.29, 1.82) is 0 Å². The van der Waals surface area contributed by atoms with Crippen molar-refractivity contribution >= 4 is 10.0 Å². The van der Waals surface area contributed by atoms with Crippen LogP contribution in [0.25, 0.3) is 0 Å². The summed E-state index contributed by atoms with van der Waals surface area (Å²) in [6.45, 7) is 7.54. The summed E-state index contributed by atoms with van der Waals surface area (Å²) in [5.41, 5.74) is 1.18. The van der Waals surface area contributed by atoms with Crippen LogP contribution in [0, 0.1) is 0 Å². The van der Waals surface area contributed by atoms with Crippen LogP contribution in [-0.4, -0.2) is 38.9 Å². The zero-order chi connectivity index (χ0) is 15.7. The summed E-state index contributed by atoms with van der Waals surface area (Å²) in [6, 6.07) is 7.57. The topological polar surface area (TPSA) is 49.4 Å². The highest BCUT2D eigenvalue weighted by atomic mass is 32.2. The van der Waals surface area contributed by atoms with E-state index in [-0.39, 0.29) is 11.5 Å². The van der Waals surface area contributed by atoms with E-state index < -0.39 is 10.0 Å². The summed E-state index contributed by atoms with van der Waals surface area (Å²) < 4.78 is 27.0. The van der Waals surface area contributed by atoms with E-state index in [4.69, 9.17) is 0 Å². The van der Waals surface area contributed by atoms with Gasteiger partial charge in [0.1, 0.15) is 0 Å². The highest BCUT2D eigenvalue weighted by Crippen LogP contribution is 2.25. The highest BCUT2D eigenvalue weighted by molar-refractivity contribution is 7.89. The molecule has 0 bridgehead atoms. The van der Waals surface area contributed by atoms with Gasteiger partial charge in [0, 0.05) is 19.1 Å². The monoisotopic (exact) mass is 310 g/mol. The Bertz CT molecular complexity index is 573. The summed E-state index contributed by atoms with van der Waals surface area (Å²) in [4.78, 5) is 0.396. The number of benzene rings is 1. The van der Waals surface area contributed by atoms with Gasteiger partial charge in [0.25, 0.3) is 0 Å². The van der Waals surface area contributed by atoms with Crippen molar-refractivity contribution in [2.75, 3.05) is 20.1 Å². The molecule has 1 N–H and O–H groups in total. The molecule has 1 fully saturated rings. The Morgan fingerprint density at radius 1 is 1.19 bits per heavy atom. The summed E-state index contributed by atoms with van der Waals surface area (Å²) in [6.07, 6.45) is 1.94. The quantitative estimate of drug-likeness (QED) is 0.932. The van der Waals surface area contributed by atoms with E-state index in [9.17, 15) is 8.42 Å². The number of rotatable bonds is 3. The first-order valence-electron chi connectivity index (χ1n) is 7.53. The Morgan fingerprint density at radius 3 is 2.33 bits per heavy atom. The molecule has 0 spiro atoms. The molecule has 1 heterocycles. The van der Waals surface area contributed by atoms with Gasteiger partial charge in [0.2, 0.25) is 10.0 Å². The first kappa shape index (κ1) is 16.5. The summed E-state index contributed by atoms with van der Waals surface area (Å²) >= 11 is 0. The number of nitrogens with zero attached hydrogens (tertiary/aromatic N) is 1. The molecule has 4 nitrogen and oxygen atoms in total. The van der Waals surface area contributed by atoms with Crippen molar-refractivity contribution in [2.24, 2.45) is 0 Å². The lowest BCUT2D eigenvalue weighted by Crippen LogP contribution is -2.46. The molecular weight excluding hydrogens is 284 g/mol. The minimum atomic E-state index is -3.37. The zero-order valence-corrected chi connectivity index (χ0v) is 14.2. The third-order valence-electron chi connectivity index (χ3n) is 4.15. The van der Waals surface area contributed by atoms with E-state index in [0.717, 1.165) is 18.4 Å². The van der Waals surface area contributed by atoms with Crippen molar-refractivity contribution in [2.45, 2.75) is 50.0 Å². The molecule has 1 aliphatic rings. The molecular formula is C16H26N2O2S. The Kier molecular flexibility index (Phi) is 4.76. The zero-order valence-electron chi connectivity index (χ0n) is 13.4. The van der Waals surface area contributed by atoms with E-state index in [1.165, 1.54) is 0 Å². The van der Waals surface area contributed by atoms with Crippen LogP contribution >= 0.6 is 0 Å². The summed E-state index contributed by atoms with van der Waals surface area (Å²) in [7, 11) is -1.49. The molecule has 21 heavy (non-hydrogen) atoms. The van der Waals surface area contributed by atoms with Crippen LogP contribution < -0.4 is 5.32 Å². The lowest BCUT2D eigenvalue weighted by atomic mass is 9.87. The maximum Gasteiger partial charge on any atom is 0.243 e. The Morgan fingerprint density at radius 2 is 1.81 bits per heavy atom. The normalized spacial score (nSPS) is 21.4. The van der Waals surface area contributed by atoms with Crippen LogP contribution in [0.15, 0.2) is 29.2 Å². The number of nitrogens with one attached hydrogen (secondary N) is 1. The van der Waals surface area contributed by atoms with Crippen LogP contribution in [0.5, 0.6) is 0 Å². The second-order valence-electron chi connectivity index (χ2n) is 6.77. The van der Waals surface area contributed by atoms with Gasteiger partial charge in [-0.3, -0.25) is 0 Å². The third-order valence-corrected chi connectivity index (χ3v) is 6.03. The highest BCUT2D eigenvalue weighted by Gasteiger charge is 2.29. The van der Waals surface area contributed by atoms with Crippen molar-refractivity contribution in [3.05, 3.63) is 29.8 Å². The van der Waals surface area contributed by atoms with Crippen molar-refractivity contribution in [3.8, 4) is 0 Å². The second kappa shape index (κ2) is 6.07. The van der Waals surface area contributed by atoms with E-state index in [1.54, 1.807) is 16.4 Å². The second-order valence-corrected chi connectivity index (χ2v) is 8.70. The van der Waals surface area contributed by atoms with Crippen LogP contribution in [-0.2, 0) is 15.4 Å². The van der Waals surface area contributed by atoms with E-state index in [2.05, 4.69) is 26.1 Å². The molecule has 1 atom stereocenters. The van der Waals surface area contributed by atoms with Crippen molar-refractivity contribution < 1.29 is 8.42 Å². The maximum atomic E-state index is 12.7. The molecule has 2 rings (SSSR count). The molecule has 1 saturated heterocycles. The van der Waals surface area contributed by atoms with Gasteiger partial charge in [0.15, 0.2) is 0 Å². The Labute approximate surface area is 128 Å². The number of hydrogen-bond donors (Lipinski definition) is 1. The van der Waals surface area contributed by atoms with Crippen LogP contribution in [0.3, 0.4) is 0 Å². The van der Waals surface area contributed by atoms with Gasteiger partial charge < -0.3 is 5.32 Å². The number of likely N-dealkylation sites (N-methyl/N-ethyl adjacent to an activating group) is 1. The molecule has 1 aliphatic heterocycles. The predicted molar refractivity (Wildman–Crippen MR) is 86.0 cm³/mol. The van der Waals surface area contributed by atoms with Crippen molar-refractivity contribution in [1.82, 2.24) is 9.62 Å². The minimum absolute atomic E-state index is 0.0324. The van der Waals surface area contributed by atoms with E-state index in [1.807, 2.05) is 19.2 Å². The van der Waals surface area contributed by atoms with Crippen molar-refractivity contribution in [3.63, 3.8) is 0 Å². The van der Waals surface area contributed by atoms with Crippen LogP contribution in [0.1, 0.15) is 39.2 Å². The Hall–Kier alpha value is -0.910. The summed E-state index contributed by atoms with van der Waals surface area (Å²) in [5, 5.41) is 3.18. The van der Waals surface area contributed by atoms with Gasteiger partial charge in [-0.15, -0.1) is 0 Å². The van der Waals surface area contributed by atoms with Gasteiger partial charge in [0.05, 0.1) is 4.90 Å². The molecule has 1 aromatic carbocycles. The standard InChI is InChI=1S/C16H26N2O2S/c1-16(2,3)13-7-9-15(10-8-13)21(19,20)18-11-5-6-14(12-18)17-4/h7-10,14,17H,5-6,11-12H2,1-4H3. The number of hydrogen-bond acceptors (Lipinski definition) is 3. The van der Waals surface area contributed by atoms with E-state index in [0.29, 0.717) is 18.0 Å². The average molecular weight is 310 g/mol. The van der Waals surface area contributed by atoms with Gasteiger partial charge >= 0.3 is 0 Å².